The molecule has 1 fully saturated rings. The van der Waals surface area contributed by atoms with Crippen molar-refractivity contribution in [2.75, 3.05) is 27.4 Å². The van der Waals surface area contributed by atoms with Gasteiger partial charge in [0.05, 0.1) is 19.8 Å². The van der Waals surface area contributed by atoms with Crippen LogP contribution in [0.25, 0.3) is 10.9 Å². The van der Waals surface area contributed by atoms with Crippen molar-refractivity contribution in [1.29, 1.82) is 0 Å². The SMILES string of the molecule is COC[C@@H]1CCCN1C(=O)c1cc2cc(OC)ccc2n1C. The normalized spacial score (nSPS) is 18.1. The minimum atomic E-state index is 0.0808. The maximum absolute atomic E-state index is 12.9. The number of carbonyl (C=O) groups is 1. The highest BCUT2D eigenvalue weighted by atomic mass is 16.5. The van der Waals surface area contributed by atoms with Crippen LogP contribution in [0.5, 0.6) is 5.75 Å². The van der Waals surface area contributed by atoms with Crippen LogP contribution in [0.2, 0.25) is 0 Å². The van der Waals surface area contributed by atoms with Gasteiger partial charge in [0.15, 0.2) is 0 Å². The molecule has 118 valence electrons. The van der Waals surface area contributed by atoms with Crippen molar-refractivity contribution in [3.05, 3.63) is 30.0 Å². The number of amides is 1. The third-order valence-electron chi connectivity index (χ3n) is 4.47. The predicted octanol–water partition coefficient (Wildman–Crippen LogP) is 2.44. The van der Waals surface area contributed by atoms with Crippen molar-refractivity contribution in [2.45, 2.75) is 18.9 Å². The quantitative estimate of drug-likeness (QED) is 0.871. The van der Waals surface area contributed by atoms with Crippen LogP contribution in [0, 0.1) is 0 Å². The number of ether oxygens (including phenoxy) is 2. The molecule has 1 saturated heterocycles. The van der Waals surface area contributed by atoms with Gasteiger partial charge < -0.3 is 18.9 Å². The van der Waals surface area contributed by atoms with E-state index in [0.29, 0.717) is 12.3 Å². The van der Waals surface area contributed by atoms with E-state index < -0.39 is 0 Å². The zero-order valence-electron chi connectivity index (χ0n) is 13.3. The summed E-state index contributed by atoms with van der Waals surface area (Å²) in [6, 6.07) is 8.00. The average molecular weight is 302 g/mol. The fourth-order valence-corrected chi connectivity index (χ4v) is 3.28. The number of aryl methyl sites for hydroxylation is 1. The molecule has 2 aromatic rings. The molecule has 0 spiro atoms. The van der Waals surface area contributed by atoms with E-state index in [2.05, 4.69) is 0 Å². The van der Waals surface area contributed by atoms with Crippen molar-refractivity contribution < 1.29 is 14.3 Å². The van der Waals surface area contributed by atoms with Crippen LogP contribution in [0.15, 0.2) is 24.3 Å². The topological polar surface area (TPSA) is 43.7 Å². The van der Waals surface area contributed by atoms with Crippen molar-refractivity contribution in [1.82, 2.24) is 9.47 Å². The lowest BCUT2D eigenvalue weighted by molar-refractivity contribution is 0.0622. The van der Waals surface area contributed by atoms with Crippen LogP contribution in [0.4, 0.5) is 0 Å². The minimum Gasteiger partial charge on any atom is -0.497 e. The monoisotopic (exact) mass is 302 g/mol. The van der Waals surface area contributed by atoms with Gasteiger partial charge in [-0.15, -0.1) is 0 Å². The molecule has 5 nitrogen and oxygen atoms in total. The smallest absolute Gasteiger partial charge is 0.270 e. The lowest BCUT2D eigenvalue weighted by Crippen LogP contribution is -2.38. The number of rotatable bonds is 4. The maximum Gasteiger partial charge on any atom is 0.270 e. The Morgan fingerprint density at radius 1 is 1.32 bits per heavy atom. The third kappa shape index (κ3) is 2.46. The summed E-state index contributed by atoms with van der Waals surface area (Å²) in [6.45, 7) is 1.40. The van der Waals surface area contributed by atoms with Gasteiger partial charge >= 0.3 is 0 Å². The first kappa shape index (κ1) is 14.9. The largest absolute Gasteiger partial charge is 0.497 e. The summed E-state index contributed by atoms with van der Waals surface area (Å²) in [5, 5.41) is 1.02. The molecule has 1 amide bonds. The highest BCUT2D eigenvalue weighted by molar-refractivity contribution is 5.99. The van der Waals surface area contributed by atoms with E-state index in [1.54, 1.807) is 14.2 Å². The lowest BCUT2D eigenvalue weighted by atomic mass is 10.2. The van der Waals surface area contributed by atoms with E-state index in [-0.39, 0.29) is 11.9 Å². The summed E-state index contributed by atoms with van der Waals surface area (Å²) in [5.41, 5.74) is 1.75. The van der Waals surface area contributed by atoms with Gasteiger partial charge in [-0.25, -0.2) is 0 Å². The fraction of sp³-hybridized carbons (Fsp3) is 0.471. The summed E-state index contributed by atoms with van der Waals surface area (Å²) in [6.07, 6.45) is 2.05. The molecular formula is C17H22N2O3. The van der Waals surface area contributed by atoms with Crippen LogP contribution < -0.4 is 4.74 Å². The van der Waals surface area contributed by atoms with E-state index in [1.165, 1.54) is 0 Å². The van der Waals surface area contributed by atoms with Gasteiger partial charge in [-0.3, -0.25) is 4.79 Å². The molecule has 1 aromatic heterocycles. The molecule has 3 rings (SSSR count). The maximum atomic E-state index is 12.9. The number of benzene rings is 1. The number of fused-ring (bicyclic) bond motifs is 1. The molecular weight excluding hydrogens is 280 g/mol. The molecule has 0 radical (unpaired) electrons. The van der Waals surface area contributed by atoms with Gasteiger partial charge in [0, 0.05) is 31.6 Å². The number of likely N-dealkylation sites (tertiary alicyclic amines) is 1. The summed E-state index contributed by atoms with van der Waals surface area (Å²) in [5.74, 6) is 0.882. The number of carbonyl (C=O) groups excluding carboxylic acids is 1. The van der Waals surface area contributed by atoms with Gasteiger partial charge in [-0.05, 0) is 37.1 Å². The number of nitrogens with zero attached hydrogens (tertiary/aromatic N) is 2. The van der Waals surface area contributed by atoms with Crippen molar-refractivity contribution in [3.8, 4) is 5.75 Å². The average Bonchev–Trinajstić information content (AvgIpc) is 3.11. The van der Waals surface area contributed by atoms with Gasteiger partial charge in [0.25, 0.3) is 5.91 Å². The van der Waals surface area contributed by atoms with E-state index in [1.807, 2.05) is 40.8 Å². The Labute approximate surface area is 130 Å². The summed E-state index contributed by atoms with van der Waals surface area (Å²) in [7, 11) is 5.27. The molecule has 0 N–H and O–H groups in total. The second-order valence-electron chi connectivity index (χ2n) is 5.76. The predicted molar refractivity (Wildman–Crippen MR) is 85.4 cm³/mol. The second-order valence-corrected chi connectivity index (χ2v) is 5.76. The summed E-state index contributed by atoms with van der Waals surface area (Å²) in [4.78, 5) is 14.8. The third-order valence-corrected chi connectivity index (χ3v) is 4.47. The first-order chi connectivity index (χ1) is 10.7. The molecule has 0 unspecified atom stereocenters. The van der Waals surface area contributed by atoms with E-state index in [9.17, 15) is 4.79 Å². The van der Waals surface area contributed by atoms with E-state index in [0.717, 1.165) is 36.0 Å². The van der Waals surface area contributed by atoms with Crippen LogP contribution in [0.1, 0.15) is 23.3 Å². The van der Waals surface area contributed by atoms with E-state index >= 15 is 0 Å². The van der Waals surface area contributed by atoms with Gasteiger partial charge in [-0.1, -0.05) is 0 Å². The Morgan fingerprint density at radius 3 is 2.86 bits per heavy atom. The Morgan fingerprint density at radius 2 is 2.14 bits per heavy atom. The van der Waals surface area contributed by atoms with Crippen LogP contribution >= 0.6 is 0 Å². The van der Waals surface area contributed by atoms with Crippen molar-refractivity contribution in [3.63, 3.8) is 0 Å². The molecule has 0 saturated carbocycles. The molecule has 1 aromatic carbocycles. The zero-order chi connectivity index (χ0) is 15.7. The Balaban J connectivity index is 1.95. The number of methoxy groups -OCH3 is 2. The molecule has 2 heterocycles. The molecule has 0 bridgehead atoms. The summed E-state index contributed by atoms with van der Waals surface area (Å²) >= 11 is 0. The Hall–Kier alpha value is -2.01. The first-order valence-corrected chi connectivity index (χ1v) is 7.59. The molecule has 0 aliphatic carbocycles. The van der Waals surface area contributed by atoms with Crippen molar-refractivity contribution >= 4 is 16.8 Å². The van der Waals surface area contributed by atoms with Gasteiger partial charge in [-0.2, -0.15) is 0 Å². The first-order valence-electron chi connectivity index (χ1n) is 7.59. The molecule has 1 aliphatic heterocycles. The van der Waals surface area contributed by atoms with Gasteiger partial charge in [0.1, 0.15) is 11.4 Å². The van der Waals surface area contributed by atoms with E-state index in [4.69, 9.17) is 9.47 Å². The highest BCUT2D eigenvalue weighted by Gasteiger charge is 2.30. The fourth-order valence-electron chi connectivity index (χ4n) is 3.28. The van der Waals surface area contributed by atoms with Gasteiger partial charge in [0.2, 0.25) is 0 Å². The Bertz CT molecular complexity index is 693. The van der Waals surface area contributed by atoms with Crippen molar-refractivity contribution in [2.24, 2.45) is 7.05 Å². The van der Waals surface area contributed by atoms with Crippen LogP contribution in [-0.2, 0) is 11.8 Å². The molecule has 1 aliphatic rings. The summed E-state index contributed by atoms with van der Waals surface area (Å²) < 4.78 is 12.5. The van der Waals surface area contributed by atoms with Crippen LogP contribution in [-0.4, -0.2) is 48.8 Å². The molecule has 5 heteroatoms. The van der Waals surface area contributed by atoms with Crippen LogP contribution in [0.3, 0.4) is 0 Å². The lowest BCUT2D eigenvalue weighted by Gasteiger charge is -2.24. The molecule has 1 atom stereocenters. The Kier molecular flexibility index (Phi) is 4.07. The second kappa shape index (κ2) is 6.01. The highest BCUT2D eigenvalue weighted by Crippen LogP contribution is 2.26. The number of hydrogen-bond acceptors (Lipinski definition) is 3. The number of aromatic nitrogens is 1. The number of hydrogen-bond donors (Lipinski definition) is 0. The zero-order valence-corrected chi connectivity index (χ0v) is 13.3. The standard InChI is InChI=1S/C17H22N2O3/c1-18-15-7-6-14(22-3)9-12(15)10-16(18)17(20)19-8-4-5-13(19)11-21-2/h6-7,9-10,13H,4-5,8,11H2,1-3H3/t13-/m0/s1. The minimum absolute atomic E-state index is 0.0808. The molecule has 22 heavy (non-hydrogen) atoms.